The van der Waals surface area contributed by atoms with Crippen LogP contribution >= 0.6 is 0 Å². The molecule has 0 aliphatic carbocycles. The Balaban J connectivity index is 1.37. The van der Waals surface area contributed by atoms with E-state index >= 15 is 0 Å². The average Bonchev–Trinajstić information content (AvgIpc) is 3.67. The first kappa shape index (κ1) is 24.9. The summed E-state index contributed by atoms with van der Waals surface area (Å²) in [5.41, 5.74) is 3.11. The molecule has 2 unspecified atom stereocenters. The minimum Gasteiger partial charge on any atom is -0.459 e. The molecule has 1 N–H and O–H groups in total. The summed E-state index contributed by atoms with van der Waals surface area (Å²) in [5, 5.41) is 0.976. The molecule has 0 bridgehead atoms. The van der Waals surface area contributed by atoms with Crippen LogP contribution in [0, 0.1) is 0 Å². The molecule has 200 valence electrons. The van der Waals surface area contributed by atoms with E-state index in [1.165, 1.54) is 6.26 Å². The summed E-state index contributed by atoms with van der Waals surface area (Å²) in [5.74, 6) is -0.665. The Morgan fingerprint density at radius 3 is 2.46 bits per heavy atom. The molecule has 0 saturated carbocycles. The Hall–Kier alpha value is -4.37. The third kappa shape index (κ3) is 4.38. The van der Waals surface area contributed by atoms with E-state index in [-0.39, 0.29) is 17.7 Å². The number of aromatic amines is 1. The van der Waals surface area contributed by atoms with Gasteiger partial charge in [-0.3, -0.25) is 14.4 Å². The summed E-state index contributed by atoms with van der Waals surface area (Å²) in [6.45, 7) is 2.31. The molecular weight excluding hydrogens is 496 g/mol. The Morgan fingerprint density at radius 1 is 0.949 bits per heavy atom. The van der Waals surface area contributed by atoms with Crippen LogP contribution in [0.1, 0.15) is 44.0 Å². The number of ether oxygens (including phenoxy) is 1. The molecule has 0 radical (unpaired) electrons. The number of nitrogens with zero attached hydrogens (tertiary/aromatic N) is 3. The lowest BCUT2D eigenvalue weighted by Gasteiger charge is -2.44. The number of fused-ring (bicyclic) bond motifs is 2. The van der Waals surface area contributed by atoms with Gasteiger partial charge in [0.2, 0.25) is 5.91 Å². The molecule has 2 aromatic heterocycles. The van der Waals surface area contributed by atoms with Crippen LogP contribution in [0.15, 0.2) is 77.5 Å². The van der Waals surface area contributed by atoms with E-state index in [0.717, 1.165) is 22.0 Å². The van der Waals surface area contributed by atoms with Crippen LogP contribution in [0.2, 0.25) is 0 Å². The van der Waals surface area contributed by atoms with Gasteiger partial charge in [-0.2, -0.15) is 0 Å². The highest BCUT2D eigenvalue weighted by atomic mass is 16.5. The van der Waals surface area contributed by atoms with Crippen molar-refractivity contribution in [1.82, 2.24) is 19.7 Å². The number of benzene rings is 2. The first-order valence-corrected chi connectivity index (χ1v) is 13.1. The van der Waals surface area contributed by atoms with Crippen LogP contribution in [-0.2, 0) is 9.53 Å². The van der Waals surface area contributed by atoms with E-state index < -0.39 is 12.0 Å². The van der Waals surface area contributed by atoms with E-state index in [9.17, 15) is 14.4 Å². The average molecular weight is 527 g/mol. The molecule has 1 saturated heterocycles. The van der Waals surface area contributed by atoms with Gasteiger partial charge in [0.15, 0.2) is 5.76 Å². The number of H-pyrrole nitrogens is 1. The normalized spacial score (nSPS) is 19.4. The number of rotatable bonds is 6. The Labute approximate surface area is 225 Å². The second kappa shape index (κ2) is 10.4. The minimum atomic E-state index is -0.609. The van der Waals surface area contributed by atoms with E-state index in [0.29, 0.717) is 50.7 Å². The van der Waals surface area contributed by atoms with Gasteiger partial charge in [-0.25, -0.2) is 0 Å². The maximum absolute atomic E-state index is 14.4. The zero-order valence-corrected chi connectivity index (χ0v) is 21.7. The predicted octanol–water partition coefficient (Wildman–Crippen LogP) is 3.67. The Morgan fingerprint density at radius 2 is 1.69 bits per heavy atom. The van der Waals surface area contributed by atoms with Crippen molar-refractivity contribution in [2.45, 2.75) is 12.0 Å². The standard InChI is InChI=1S/C30H30N4O5/c1-38-18-16-34-27(23-19-31-24-10-5-4-7-20(23)24)26(21-8-2-3-9-22(21)28(34)35)30(37)33-14-12-32(13-15-33)29(36)25-11-6-17-39-25/h2-11,17,19,26-27,31H,12-16,18H2,1H3. The van der Waals surface area contributed by atoms with Gasteiger partial charge in [0.25, 0.3) is 11.8 Å². The molecule has 0 spiro atoms. The van der Waals surface area contributed by atoms with Crippen molar-refractivity contribution in [1.29, 1.82) is 0 Å². The third-order valence-corrected chi connectivity index (χ3v) is 7.79. The number of para-hydroxylation sites is 1. The largest absolute Gasteiger partial charge is 0.459 e. The summed E-state index contributed by atoms with van der Waals surface area (Å²) in [6, 6.07) is 18.1. The van der Waals surface area contributed by atoms with E-state index in [1.54, 1.807) is 35.1 Å². The van der Waals surface area contributed by atoms with Crippen molar-refractivity contribution < 1.29 is 23.5 Å². The quantitative estimate of drug-likeness (QED) is 0.413. The number of hydrogen-bond donors (Lipinski definition) is 1. The van der Waals surface area contributed by atoms with Crippen molar-refractivity contribution in [2.24, 2.45) is 0 Å². The number of hydrogen-bond acceptors (Lipinski definition) is 5. The lowest BCUT2D eigenvalue weighted by molar-refractivity contribution is -0.136. The van der Waals surface area contributed by atoms with Crippen LogP contribution < -0.4 is 0 Å². The van der Waals surface area contributed by atoms with E-state index in [4.69, 9.17) is 9.15 Å². The lowest BCUT2D eigenvalue weighted by Crippen LogP contribution is -2.54. The first-order chi connectivity index (χ1) is 19.1. The number of carbonyl (C=O) groups excluding carboxylic acids is 3. The van der Waals surface area contributed by atoms with Crippen LogP contribution in [0.5, 0.6) is 0 Å². The predicted molar refractivity (Wildman–Crippen MR) is 144 cm³/mol. The van der Waals surface area contributed by atoms with Crippen molar-refractivity contribution in [2.75, 3.05) is 46.4 Å². The molecule has 4 aromatic rings. The first-order valence-electron chi connectivity index (χ1n) is 13.1. The number of methoxy groups -OCH3 is 1. The highest BCUT2D eigenvalue weighted by Crippen LogP contribution is 2.45. The topological polar surface area (TPSA) is 99.1 Å². The van der Waals surface area contributed by atoms with Crippen molar-refractivity contribution in [3.05, 3.63) is 95.6 Å². The smallest absolute Gasteiger partial charge is 0.289 e. The highest BCUT2D eigenvalue weighted by Gasteiger charge is 2.46. The molecule has 9 nitrogen and oxygen atoms in total. The van der Waals surface area contributed by atoms with Gasteiger partial charge >= 0.3 is 0 Å². The Bertz CT molecular complexity index is 1500. The highest BCUT2D eigenvalue weighted by molar-refractivity contribution is 6.02. The SMILES string of the molecule is COCCN1C(=O)c2ccccc2C(C(=O)N2CCN(C(=O)c3ccco3)CC2)C1c1c[nH]c2ccccc12. The van der Waals surface area contributed by atoms with Crippen LogP contribution in [0.3, 0.4) is 0 Å². The van der Waals surface area contributed by atoms with Crippen LogP contribution in [0.4, 0.5) is 0 Å². The molecule has 1 fully saturated rings. The number of aromatic nitrogens is 1. The van der Waals surface area contributed by atoms with Crippen LogP contribution in [0.25, 0.3) is 10.9 Å². The number of furan rings is 1. The van der Waals surface area contributed by atoms with Gasteiger partial charge < -0.3 is 28.8 Å². The molecule has 9 heteroatoms. The van der Waals surface area contributed by atoms with Crippen LogP contribution in [-0.4, -0.2) is 83.8 Å². The minimum absolute atomic E-state index is 0.0576. The molecule has 6 rings (SSSR count). The summed E-state index contributed by atoms with van der Waals surface area (Å²) in [7, 11) is 1.61. The monoisotopic (exact) mass is 526 g/mol. The summed E-state index contributed by atoms with van der Waals surface area (Å²) >= 11 is 0. The van der Waals surface area contributed by atoms with Gasteiger partial charge in [-0.1, -0.05) is 36.4 Å². The summed E-state index contributed by atoms with van der Waals surface area (Å²) < 4.78 is 10.6. The van der Waals surface area contributed by atoms with E-state index in [2.05, 4.69) is 4.98 Å². The molecule has 2 atom stereocenters. The fourth-order valence-corrected chi connectivity index (χ4v) is 5.86. The summed E-state index contributed by atoms with van der Waals surface area (Å²) in [6.07, 6.45) is 3.39. The number of nitrogens with one attached hydrogen (secondary N) is 1. The fourth-order valence-electron chi connectivity index (χ4n) is 5.86. The molecule has 4 heterocycles. The van der Waals surface area contributed by atoms with Crippen molar-refractivity contribution in [3.63, 3.8) is 0 Å². The van der Waals surface area contributed by atoms with Gasteiger partial charge in [0.1, 0.15) is 0 Å². The number of piperazine rings is 1. The van der Waals surface area contributed by atoms with Gasteiger partial charge in [-0.15, -0.1) is 0 Å². The van der Waals surface area contributed by atoms with Crippen molar-refractivity contribution >= 4 is 28.6 Å². The van der Waals surface area contributed by atoms with E-state index in [1.807, 2.05) is 53.6 Å². The van der Waals surface area contributed by atoms with Gasteiger partial charge in [0, 0.05) is 68.1 Å². The lowest BCUT2D eigenvalue weighted by atomic mass is 9.78. The second-order valence-corrected chi connectivity index (χ2v) is 9.89. The number of amides is 3. The third-order valence-electron chi connectivity index (χ3n) is 7.79. The molecule has 3 amide bonds. The molecular formula is C30H30N4O5. The molecule has 39 heavy (non-hydrogen) atoms. The zero-order chi connectivity index (χ0) is 26.9. The fraction of sp³-hybridized carbons (Fsp3) is 0.300. The van der Waals surface area contributed by atoms with Gasteiger partial charge in [-0.05, 0) is 29.8 Å². The molecule has 2 aliphatic heterocycles. The molecule has 2 aliphatic rings. The second-order valence-electron chi connectivity index (χ2n) is 9.89. The van der Waals surface area contributed by atoms with Crippen molar-refractivity contribution in [3.8, 4) is 0 Å². The maximum atomic E-state index is 14.4. The summed E-state index contributed by atoms with van der Waals surface area (Å²) in [4.78, 5) is 49.7. The van der Waals surface area contributed by atoms with Gasteiger partial charge in [0.05, 0.1) is 24.8 Å². The molecule has 2 aromatic carbocycles. The Kier molecular flexibility index (Phi) is 6.66. The number of carbonyl (C=O) groups is 3. The zero-order valence-electron chi connectivity index (χ0n) is 21.7. The maximum Gasteiger partial charge on any atom is 0.289 e.